The molecule has 1 saturated heterocycles. The summed E-state index contributed by atoms with van der Waals surface area (Å²) in [6.45, 7) is 3.72. The number of hydrogen-bond donors (Lipinski definition) is 1. The van der Waals surface area contributed by atoms with Crippen LogP contribution in [0, 0.1) is 11.7 Å². The molecule has 0 aliphatic carbocycles. The van der Waals surface area contributed by atoms with Crippen LogP contribution in [0.25, 0.3) is 10.9 Å². The Morgan fingerprint density at radius 1 is 1.11 bits per heavy atom. The molecule has 1 fully saturated rings. The summed E-state index contributed by atoms with van der Waals surface area (Å²) in [7, 11) is 0. The van der Waals surface area contributed by atoms with Crippen LogP contribution in [-0.4, -0.2) is 28.9 Å². The monoisotopic (exact) mass is 363 g/mol. The molecule has 0 unspecified atom stereocenters. The molecular formula is C22H22FN3O. The Morgan fingerprint density at radius 3 is 2.59 bits per heavy atom. The first-order chi connectivity index (χ1) is 13.1. The van der Waals surface area contributed by atoms with E-state index in [0.717, 1.165) is 31.6 Å². The topological polar surface area (TPSA) is 45.2 Å². The van der Waals surface area contributed by atoms with E-state index in [1.807, 2.05) is 35.2 Å². The van der Waals surface area contributed by atoms with Crippen molar-refractivity contribution in [2.75, 3.05) is 18.4 Å². The zero-order valence-electron chi connectivity index (χ0n) is 15.3. The van der Waals surface area contributed by atoms with E-state index >= 15 is 0 Å². The second-order valence-electron chi connectivity index (χ2n) is 7.18. The van der Waals surface area contributed by atoms with E-state index in [9.17, 15) is 9.18 Å². The fourth-order valence-corrected chi connectivity index (χ4v) is 3.46. The molecule has 27 heavy (non-hydrogen) atoms. The molecule has 3 aromatic rings. The molecule has 138 valence electrons. The lowest BCUT2D eigenvalue weighted by molar-refractivity contribution is 0.0692. The lowest BCUT2D eigenvalue weighted by atomic mass is 9.99. The first kappa shape index (κ1) is 17.5. The van der Waals surface area contributed by atoms with E-state index < -0.39 is 0 Å². The molecule has 0 atom stereocenters. The van der Waals surface area contributed by atoms with Gasteiger partial charge in [-0.1, -0.05) is 25.1 Å². The molecule has 0 saturated carbocycles. The van der Waals surface area contributed by atoms with Crippen molar-refractivity contribution in [3.8, 4) is 0 Å². The number of rotatable bonds is 3. The Bertz CT molecular complexity index is 966. The number of nitrogens with zero attached hydrogens (tertiary/aromatic N) is 2. The second-order valence-corrected chi connectivity index (χ2v) is 7.18. The number of anilines is 2. The van der Waals surface area contributed by atoms with Gasteiger partial charge < -0.3 is 10.2 Å². The average molecular weight is 363 g/mol. The van der Waals surface area contributed by atoms with E-state index in [1.54, 1.807) is 12.1 Å². The zero-order chi connectivity index (χ0) is 18.8. The Labute approximate surface area is 158 Å². The van der Waals surface area contributed by atoms with Crippen molar-refractivity contribution in [3.63, 3.8) is 0 Å². The first-order valence-corrected chi connectivity index (χ1v) is 9.32. The standard InChI is InChI=1S/C22H22FN3O/c1-15-9-11-26(12-10-15)22(27)21-14-20(24-17-5-3-2-4-6-17)18-13-16(23)7-8-19(18)25-21/h2-8,13-15H,9-12H2,1H3,(H,24,25). The molecule has 0 spiro atoms. The van der Waals surface area contributed by atoms with Gasteiger partial charge in [-0.05, 0) is 55.2 Å². The Morgan fingerprint density at radius 2 is 1.85 bits per heavy atom. The van der Waals surface area contributed by atoms with Gasteiger partial charge in [-0.15, -0.1) is 0 Å². The number of fused-ring (bicyclic) bond motifs is 1. The van der Waals surface area contributed by atoms with Gasteiger partial charge in [-0.3, -0.25) is 4.79 Å². The predicted octanol–water partition coefficient (Wildman–Crippen LogP) is 4.99. The van der Waals surface area contributed by atoms with Crippen LogP contribution in [-0.2, 0) is 0 Å². The van der Waals surface area contributed by atoms with Gasteiger partial charge >= 0.3 is 0 Å². The summed E-state index contributed by atoms with van der Waals surface area (Å²) in [4.78, 5) is 19.4. The summed E-state index contributed by atoms with van der Waals surface area (Å²) >= 11 is 0. The zero-order valence-corrected chi connectivity index (χ0v) is 15.3. The SMILES string of the molecule is CC1CCN(C(=O)c2cc(Nc3ccccc3)c3cc(F)ccc3n2)CC1. The maximum absolute atomic E-state index is 13.8. The van der Waals surface area contributed by atoms with Crippen molar-refractivity contribution in [1.29, 1.82) is 0 Å². The van der Waals surface area contributed by atoms with Crippen LogP contribution >= 0.6 is 0 Å². The number of hydrogen-bond acceptors (Lipinski definition) is 3. The third-order valence-corrected chi connectivity index (χ3v) is 5.11. The number of likely N-dealkylation sites (tertiary alicyclic amines) is 1. The summed E-state index contributed by atoms with van der Waals surface area (Å²) in [6.07, 6.45) is 2.03. The third kappa shape index (κ3) is 3.77. The van der Waals surface area contributed by atoms with Crippen LogP contribution in [0.3, 0.4) is 0 Å². The van der Waals surface area contributed by atoms with E-state index in [2.05, 4.69) is 17.2 Å². The molecule has 1 aliphatic rings. The molecule has 1 aliphatic heterocycles. The van der Waals surface area contributed by atoms with Gasteiger partial charge in [0.2, 0.25) is 0 Å². The van der Waals surface area contributed by atoms with E-state index in [-0.39, 0.29) is 11.7 Å². The largest absolute Gasteiger partial charge is 0.355 e. The first-order valence-electron chi connectivity index (χ1n) is 9.32. The fourth-order valence-electron chi connectivity index (χ4n) is 3.46. The van der Waals surface area contributed by atoms with Crippen molar-refractivity contribution in [3.05, 3.63) is 66.1 Å². The molecular weight excluding hydrogens is 341 g/mol. The van der Waals surface area contributed by atoms with Crippen LogP contribution in [0.15, 0.2) is 54.6 Å². The van der Waals surface area contributed by atoms with Crippen molar-refractivity contribution in [2.45, 2.75) is 19.8 Å². The van der Waals surface area contributed by atoms with Gasteiger partial charge in [0.05, 0.1) is 11.2 Å². The van der Waals surface area contributed by atoms with Gasteiger partial charge in [-0.25, -0.2) is 9.37 Å². The fraction of sp³-hybridized carbons (Fsp3) is 0.273. The molecule has 0 bridgehead atoms. The number of para-hydroxylation sites is 1. The van der Waals surface area contributed by atoms with Gasteiger partial charge in [0.15, 0.2) is 0 Å². The molecule has 4 nitrogen and oxygen atoms in total. The molecule has 1 N–H and O–H groups in total. The molecule has 5 heteroatoms. The summed E-state index contributed by atoms with van der Waals surface area (Å²) in [5.41, 5.74) is 2.55. The van der Waals surface area contributed by atoms with Crippen LogP contribution in [0.4, 0.5) is 15.8 Å². The number of halogens is 1. The Hall–Kier alpha value is -2.95. The highest BCUT2D eigenvalue weighted by atomic mass is 19.1. The molecule has 0 radical (unpaired) electrons. The second kappa shape index (κ2) is 7.35. The highest BCUT2D eigenvalue weighted by molar-refractivity contribution is 6.00. The predicted molar refractivity (Wildman–Crippen MR) is 106 cm³/mol. The number of aromatic nitrogens is 1. The average Bonchev–Trinajstić information content (AvgIpc) is 2.69. The van der Waals surface area contributed by atoms with Crippen molar-refractivity contribution >= 4 is 28.2 Å². The number of piperidine rings is 1. The molecule has 2 aromatic carbocycles. The molecule has 4 rings (SSSR count). The Kier molecular flexibility index (Phi) is 4.75. The van der Waals surface area contributed by atoms with Crippen molar-refractivity contribution in [2.24, 2.45) is 5.92 Å². The number of carbonyl (C=O) groups is 1. The number of carbonyl (C=O) groups excluding carboxylic acids is 1. The number of pyridine rings is 1. The highest BCUT2D eigenvalue weighted by Gasteiger charge is 2.23. The third-order valence-electron chi connectivity index (χ3n) is 5.11. The van der Waals surface area contributed by atoms with Crippen LogP contribution in [0.1, 0.15) is 30.3 Å². The minimum absolute atomic E-state index is 0.0655. The lowest BCUT2D eigenvalue weighted by Crippen LogP contribution is -2.38. The Balaban J connectivity index is 1.73. The number of amides is 1. The quantitative estimate of drug-likeness (QED) is 0.713. The van der Waals surface area contributed by atoms with Crippen LogP contribution in [0.5, 0.6) is 0 Å². The molecule has 2 heterocycles. The molecule has 1 amide bonds. The van der Waals surface area contributed by atoms with Gasteiger partial charge in [0.25, 0.3) is 5.91 Å². The minimum Gasteiger partial charge on any atom is -0.355 e. The highest BCUT2D eigenvalue weighted by Crippen LogP contribution is 2.28. The maximum Gasteiger partial charge on any atom is 0.272 e. The smallest absolute Gasteiger partial charge is 0.272 e. The summed E-state index contributed by atoms with van der Waals surface area (Å²) in [5, 5.41) is 3.96. The van der Waals surface area contributed by atoms with Crippen molar-refractivity contribution < 1.29 is 9.18 Å². The van der Waals surface area contributed by atoms with E-state index in [0.29, 0.717) is 28.2 Å². The maximum atomic E-state index is 13.8. The number of nitrogens with one attached hydrogen (secondary N) is 1. The summed E-state index contributed by atoms with van der Waals surface area (Å²) in [6, 6.07) is 15.8. The van der Waals surface area contributed by atoms with Gasteiger partial charge in [0.1, 0.15) is 11.5 Å². The van der Waals surface area contributed by atoms with Crippen LogP contribution < -0.4 is 5.32 Å². The normalized spacial score (nSPS) is 15.1. The number of benzene rings is 2. The van der Waals surface area contributed by atoms with Gasteiger partial charge in [-0.2, -0.15) is 0 Å². The van der Waals surface area contributed by atoms with E-state index in [4.69, 9.17) is 0 Å². The van der Waals surface area contributed by atoms with Crippen LogP contribution in [0.2, 0.25) is 0 Å². The van der Waals surface area contributed by atoms with Crippen molar-refractivity contribution in [1.82, 2.24) is 9.88 Å². The van der Waals surface area contributed by atoms with E-state index in [1.165, 1.54) is 12.1 Å². The lowest BCUT2D eigenvalue weighted by Gasteiger charge is -2.30. The summed E-state index contributed by atoms with van der Waals surface area (Å²) in [5.74, 6) is 0.255. The minimum atomic E-state index is -0.329. The summed E-state index contributed by atoms with van der Waals surface area (Å²) < 4.78 is 13.8. The van der Waals surface area contributed by atoms with Gasteiger partial charge in [0, 0.05) is 24.2 Å². The molecule has 1 aromatic heterocycles.